The molecule has 0 fully saturated rings. The highest BCUT2D eigenvalue weighted by molar-refractivity contribution is 5.98. The van der Waals surface area contributed by atoms with Crippen molar-refractivity contribution in [3.8, 4) is 11.3 Å². The van der Waals surface area contributed by atoms with Gasteiger partial charge in [-0.3, -0.25) is 9.78 Å². The largest absolute Gasteiger partial charge is 0.444 e. The van der Waals surface area contributed by atoms with E-state index in [1.54, 1.807) is 12.4 Å². The van der Waals surface area contributed by atoms with Crippen LogP contribution in [0, 0.1) is 0 Å². The lowest BCUT2D eigenvalue weighted by atomic mass is 9.90. The number of hydrogen-bond donors (Lipinski definition) is 3. The first kappa shape index (κ1) is 22.6. The number of hydrogen-bond acceptors (Lipinski definition) is 4. The van der Waals surface area contributed by atoms with Crippen LogP contribution in [0.25, 0.3) is 11.3 Å². The van der Waals surface area contributed by atoms with E-state index >= 15 is 0 Å². The number of fused-ring (bicyclic) bond motifs is 3. The number of nitrogens with zero attached hydrogens (tertiary/aromatic N) is 1. The molecule has 7 nitrogen and oxygen atoms in total. The summed E-state index contributed by atoms with van der Waals surface area (Å²) in [7, 11) is 0. The third-order valence-electron chi connectivity index (χ3n) is 5.60. The van der Waals surface area contributed by atoms with Gasteiger partial charge in [0.25, 0.3) is 5.91 Å². The van der Waals surface area contributed by atoms with Crippen molar-refractivity contribution < 1.29 is 14.3 Å². The Bertz CT molecular complexity index is 1130. The number of H-pyrrole nitrogens is 1. The van der Waals surface area contributed by atoms with Crippen molar-refractivity contribution in [2.45, 2.75) is 51.7 Å². The molecule has 0 spiro atoms. The van der Waals surface area contributed by atoms with E-state index in [9.17, 15) is 9.59 Å². The Hall–Kier alpha value is -3.61. The first-order valence-electron chi connectivity index (χ1n) is 11.3. The minimum Gasteiger partial charge on any atom is -0.444 e. The monoisotopic (exact) mass is 446 g/mol. The molecule has 3 N–H and O–H groups in total. The fourth-order valence-corrected chi connectivity index (χ4v) is 4.14. The predicted molar refractivity (Wildman–Crippen MR) is 127 cm³/mol. The molecule has 1 aliphatic carbocycles. The minimum absolute atomic E-state index is 0.156. The second-order valence-electron chi connectivity index (χ2n) is 9.33. The van der Waals surface area contributed by atoms with Crippen molar-refractivity contribution in [3.05, 3.63) is 77.2 Å². The van der Waals surface area contributed by atoms with E-state index in [0.29, 0.717) is 12.0 Å². The van der Waals surface area contributed by atoms with Gasteiger partial charge >= 0.3 is 6.09 Å². The number of carbonyl (C=O) groups is 2. The molecule has 1 aromatic carbocycles. The van der Waals surface area contributed by atoms with Crippen molar-refractivity contribution >= 4 is 12.0 Å². The summed E-state index contributed by atoms with van der Waals surface area (Å²) >= 11 is 0. The normalized spacial score (nSPS) is 13.4. The molecular formula is C26H30N4O3. The van der Waals surface area contributed by atoms with Crippen molar-refractivity contribution in [2.24, 2.45) is 0 Å². The highest BCUT2D eigenvalue weighted by Gasteiger charge is 2.25. The number of rotatable bonds is 6. The third-order valence-corrected chi connectivity index (χ3v) is 5.60. The molecule has 0 saturated carbocycles. The quantitative estimate of drug-likeness (QED) is 0.532. The van der Waals surface area contributed by atoms with Crippen LogP contribution in [0.4, 0.5) is 4.79 Å². The van der Waals surface area contributed by atoms with Crippen LogP contribution in [0.3, 0.4) is 0 Å². The molecule has 172 valence electrons. The number of ether oxygens (including phenoxy) is 1. The molecule has 4 rings (SSSR count). The van der Waals surface area contributed by atoms with Crippen molar-refractivity contribution in [1.82, 2.24) is 20.6 Å². The fourth-order valence-electron chi connectivity index (χ4n) is 4.14. The number of nitrogens with one attached hydrogen (secondary N) is 3. The van der Waals surface area contributed by atoms with Gasteiger partial charge in [0.15, 0.2) is 0 Å². The highest BCUT2D eigenvalue weighted by Crippen LogP contribution is 2.33. The number of aryl methyl sites for hydroxylation is 1. The van der Waals surface area contributed by atoms with Crippen LogP contribution in [-0.2, 0) is 24.0 Å². The summed E-state index contributed by atoms with van der Waals surface area (Å²) < 4.78 is 5.35. The molecule has 0 radical (unpaired) electrons. The van der Waals surface area contributed by atoms with Gasteiger partial charge in [0.05, 0.1) is 11.6 Å². The van der Waals surface area contributed by atoms with Crippen LogP contribution in [0.1, 0.15) is 47.8 Å². The van der Waals surface area contributed by atoms with Gasteiger partial charge in [0.2, 0.25) is 0 Å². The van der Waals surface area contributed by atoms with E-state index in [1.807, 2.05) is 63.4 Å². The summed E-state index contributed by atoms with van der Waals surface area (Å²) in [5.74, 6) is -0.156. The summed E-state index contributed by atoms with van der Waals surface area (Å²) in [6.45, 7) is 5.72. The van der Waals surface area contributed by atoms with Crippen LogP contribution in [-0.4, -0.2) is 40.2 Å². The van der Waals surface area contributed by atoms with Gasteiger partial charge in [-0.25, -0.2) is 4.79 Å². The maximum atomic E-state index is 13.3. The Morgan fingerprint density at radius 2 is 1.94 bits per heavy atom. The Morgan fingerprint density at radius 1 is 1.15 bits per heavy atom. The summed E-state index contributed by atoms with van der Waals surface area (Å²) in [6, 6.07) is 11.6. The van der Waals surface area contributed by atoms with E-state index < -0.39 is 11.7 Å². The standard InChI is InChI=1S/C26H30N4O3/c1-26(2,3)33-25(32)29-15-19(13-17-7-5-4-6-8-17)30-24(31)22-16-28-23-20-11-12-27-14-18(20)9-10-21(22)23/h4-8,11-12,14,16,19,28H,9-10,13,15H2,1-3H3,(H,29,32)(H,30,31)/t19-/m0/s1. The van der Waals surface area contributed by atoms with Crippen LogP contribution >= 0.6 is 0 Å². The lowest BCUT2D eigenvalue weighted by Crippen LogP contribution is -2.46. The third kappa shape index (κ3) is 5.61. The Kier molecular flexibility index (Phi) is 6.49. The van der Waals surface area contributed by atoms with Crippen molar-refractivity contribution in [3.63, 3.8) is 0 Å². The number of pyridine rings is 1. The number of carbonyl (C=O) groups excluding carboxylic acids is 2. The highest BCUT2D eigenvalue weighted by atomic mass is 16.6. The molecule has 0 saturated heterocycles. The molecule has 1 atom stereocenters. The zero-order chi connectivity index (χ0) is 23.4. The van der Waals surface area contributed by atoms with E-state index in [1.165, 1.54) is 5.56 Å². The predicted octanol–water partition coefficient (Wildman–Crippen LogP) is 4.04. The SMILES string of the molecule is CC(C)(C)OC(=O)NC[C@H](Cc1ccccc1)NC(=O)c1c[nH]c2c1CCc1cnccc1-2. The molecule has 33 heavy (non-hydrogen) atoms. The van der Waals surface area contributed by atoms with Crippen LogP contribution in [0.5, 0.6) is 0 Å². The molecule has 2 amide bonds. The van der Waals surface area contributed by atoms with Gasteiger partial charge in [0.1, 0.15) is 5.60 Å². The summed E-state index contributed by atoms with van der Waals surface area (Å²) in [5.41, 5.74) is 5.41. The van der Waals surface area contributed by atoms with Gasteiger partial charge in [0, 0.05) is 36.4 Å². The van der Waals surface area contributed by atoms with Gasteiger partial charge < -0.3 is 20.4 Å². The molecule has 0 unspecified atom stereocenters. The first-order valence-corrected chi connectivity index (χ1v) is 11.3. The fraction of sp³-hybridized carbons (Fsp3) is 0.346. The Labute approximate surface area is 194 Å². The average molecular weight is 447 g/mol. The number of amides is 2. The molecule has 0 aliphatic heterocycles. The maximum Gasteiger partial charge on any atom is 0.407 e. The summed E-state index contributed by atoms with van der Waals surface area (Å²) in [6.07, 6.45) is 7.14. The van der Waals surface area contributed by atoms with Crippen molar-refractivity contribution in [1.29, 1.82) is 0 Å². The zero-order valence-corrected chi connectivity index (χ0v) is 19.3. The Morgan fingerprint density at radius 3 is 2.70 bits per heavy atom. The lowest BCUT2D eigenvalue weighted by molar-refractivity contribution is 0.0519. The topological polar surface area (TPSA) is 96.1 Å². The van der Waals surface area contributed by atoms with Crippen LogP contribution in [0.2, 0.25) is 0 Å². The van der Waals surface area contributed by atoms with Crippen molar-refractivity contribution in [2.75, 3.05) is 6.54 Å². The zero-order valence-electron chi connectivity index (χ0n) is 19.3. The maximum absolute atomic E-state index is 13.3. The van der Waals surface area contributed by atoms with E-state index in [-0.39, 0.29) is 18.5 Å². The number of aromatic nitrogens is 2. The summed E-state index contributed by atoms with van der Waals surface area (Å²) in [4.78, 5) is 33.0. The smallest absolute Gasteiger partial charge is 0.407 e. The molecule has 0 bridgehead atoms. The van der Waals surface area contributed by atoms with Gasteiger partial charge in [-0.15, -0.1) is 0 Å². The first-order chi connectivity index (χ1) is 15.8. The van der Waals surface area contributed by atoms with Gasteiger partial charge in [-0.2, -0.15) is 0 Å². The molecule has 1 aliphatic rings. The Balaban J connectivity index is 1.49. The minimum atomic E-state index is -0.585. The van der Waals surface area contributed by atoms with E-state index in [0.717, 1.165) is 35.2 Å². The molecular weight excluding hydrogens is 416 g/mol. The average Bonchev–Trinajstić information content (AvgIpc) is 3.22. The second-order valence-corrected chi connectivity index (χ2v) is 9.33. The second kappa shape index (κ2) is 9.48. The van der Waals surface area contributed by atoms with Crippen LogP contribution < -0.4 is 10.6 Å². The molecule has 3 aromatic rings. The van der Waals surface area contributed by atoms with Gasteiger partial charge in [-0.05, 0) is 62.8 Å². The van der Waals surface area contributed by atoms with Crippen LogP contribution in [0.15, 0.2) is 55.0 Å². The number of benzene rings is 1. The number of aromatic amines is 1. The molecule has 2 heterocycles. The van der Waals surface area contributed by atoms with Gasteiger partial charge in [-0.1, -0.05) is 30.3 Å². The van der Waals surface area contributed by atoms with E-state index in [4.69, 9.17) is 4.74 Å². The number of alkyl carbamates (subject to hydrolysis) is 1. The summed E-state index contributed by atoms with van der Waals surface area (Å²) in [5, 5.41) is 5.91. The molecule has 7 heteroatoms. The molecule has 2 aromatic heterocycles. The lowest BCUT2D eigenvalue weighted by Gasteiger charge is -2.23. The van der Waals surface area contributed by atoms with E-state index in [2.05, 4.69) is 20.6 Å².